The van der Waals surface area contributed by atoms with Crippen molar-refractivity contribution in [3.63, 3.8) is 0 Å². The topological polar surface area (TPSA) is 26.0 Å². The fourth-order valence-corrected chi connectivity index (χ4v) is 2.39. The maximum atomic E-state index is 6.20. The van der Waals surface area contributed by atoms with Gasteiger partial charge in [0.05, 0.1) is 0 Å². The molecule has 0 atom stereocenters. The summed E-state index contributed by atoms with van der Waals surface area (Å²) in [4.78, 5) is 0. The van der Waals surface area contributed by atoms with E-state index >= 15 is 0 Å². The Balaban J connectivity index is 6.60. The van der Waals surface area contributed by atoms with Crippen LogP contribution in [0.1, 0.15) is 55.4 Å². The number of hydrogen-bond acceptors (Lipinski definition) is 1. The number of rotatable bonds is 5. The van der Waals surface area contributed by atoms with Crippen molar-refractivity contribution in [2.75, 3.05) is 0 Å². The third-order valence-electron chi connectivity index (χ3n) is 3.67. The summed E-state index contributed by atoms with van der Waals surface area (Å²) in [6.07, 6.45) is 0. The molecule has 0 amide bonds. The van der Waals surface area contributed by atoms with Crippen molar-refractivity contribution in [3.8, 4) is 0 Å². The van der Waals surface area contributed by atoms with Crippen LogP contribution in [-0.4, -0.2) is 0 Å². The summed E-state index contributed by atoms with van der Waals surface area (Å²) in [5.41, 5.74) is 15.2. The van der Waals surface area contributed by atoms with E-state index < -0.39 is 0 Å². The van der Waals surface area contributed by atoms with E-state index in [-0.39, 0.29) is 0 Å². The second-order valence-corrected chi connectivity index (χ2v) is 6.17. The molecule has 0 aliphatic heterocycles. The minimum atomic E-state index is 0.421. The van der Waals surface area contributed by atoms with Gasteiger partial charge in [-0.2, -0.15) is 0 Å². The summed E-state index contributed by atoms with van der Waals surface area (Å²) in [5, 5.41) is 0. The smallest absolute Gasteiger partial charge is 0.0373 e. The van der Waals surface area contributed by atoms with Crippen LogP contribution in [-0.2, 0) is 0 Å². The molecular weight excluding hydrogens is 242 g/mol. The molecule has 0 saturated carbocycles. The molecule has 0 unspecified atom stereocenters. The highest BCUT2D eigenvalue weighted by atomic mass is 14.6. The maximum Gasteiger partial charge on any atom is 0.0373 e. The van der Waals surface area contributed by atoms with Gasteiger partial charge < -0.3 is 5.73 Å². The summed E-state index contributed by atoms with van der Waals surface area (Å²) < 4.78 is 0. The van der Waals surface area contributed by atoms with Crippen molar-refractivity contribution >= 4 is 0 Å². The first-order valence-corrected chi connectivity index (χ1v) is 7.19. The molecule has 0 fully saturated rings. The number of allylic oxidation sites excluding steroid dienone is 7. The van der Waals surface area contributed by atoms with Crippen molar-refractivity contribution in [3.05, 3.63) is 57.9 Å². The molecule has 1 heteroatoms. The van der Waals surface area contributed by atoms with E-state index in [4.69, 9.17) is 5.73 Å². The molecule has 0 heterocycles. The van der Waals surface area contributed by atoms with Crippen LogP contribution >= 0.6 is 0 Å². The number of nitrogens with two attached hydrogens (primary N) is 1. The first-order valence-electron chi connectivity index (χ1n) is 7.19. The predicted octanol–water partition coefficient (Wildman–Crippen LogP) is 5.68. The first-order chi connectivity index (χ1) is 9.02. The Labute approximate surface area is 125 Å². The lowest BCUT2D eigenvalue weighted by atomic mass is 9.83. The summed E-state index contributed by atoms with van der Waals surface area (Å²) in [6.45, 7) is 25.1. The minimum absolute atomic E-state index is 0.421. The molecule has 0 bridgehead atoms. The van der Waals surface area contributed by atoms with Crippen molar-refractivity contribution in [2.24, 2.45) is 11.7 Å². The highest BCUT2D eigenvalue weighted by Crippen LogP contribution is 2.34. The molecule has 0 aromatic rings. The van der Waals surface area contributed by atoms with Crippen LogP contribution in [0.5, 0.6) is 0 Å². The van der Waals surface area contributed by atoms with Crippen molar-refractivity contribution < 1.29 is 0 Å². The third-order valence-corrected chi connectivity index (χ3v) is 3.67. The van der Waals surface area contributed by atoms with Gasteiger partial charge in [0.1, 0.15) is 0 Å². The molecule has 2 N–H and O–H groups in total. The van der Waals surface area contributed by atoms with Gasteiger partial charge in [0, 0.05) is 5.70 Å². The molecule has 20 heavy (non-hydrogen) atoms. The molecule has 0 aromatic carbocycles. The van der Waals surface area contributed by atoms with Crippen LogP contribution in [0, 0.1) is 5.92 Å². The lowest BCUT2D eigenvalue weighted by Crippen LogP contribution is -2.09. The highest BCUT2D eigenvalue weighted by molar-refractivity contribution is 5.56. The van der Waals surface area contributed by atoms with Gasteiger partial charge in [0.2, 0.25) is 0 Å². The molecule has 0 saturated heterocycles. The minimum Gasteiger partial charge on any atom is -0.398 e. The van der Waals surface area contributed by atoms with E-state index in [0.717, 1.165) is 22.4 Å². The van der Waals surface area contributed by atoms with Gasteiger partial charge in [-0.1, -0.05) is 38.2 Å². The molecule has 0 rings (SSSR count). The van der Waals surface area contributed by atoms with Gasteiger partial charge in [-0.05, 0) is 75.3 Å². The van der Waals surface area contributed by atoms with Crippen LogP contribution < -0.4 is 5.73 Å². The van der Waals surface area contributed by atoms with E-state index in [2.05, 4.69) is 54.7 Å². The van der Waals surface area contributed by atoms with Gasteiger partial charge in [-0.15, -0.1) is 0 Å². The number of hydrogen-bond donors (Lipinski definition) is 1. The van der Waals surface area contributed by atoms with Crippen molar-refractivity contribution in [1.29, 1.82) is 0 Å². The summed E-state index contributed by atoms with van der Waals surface area (Å²) in [6, 6.07) is 0. The van der Waals surface area contributed by atoms with E-state index in [1.807, 2.05) is 13.8 Å². The van der Waals surface area contributed by atoms with E-state index in [1.165, 1.54) is 22.3 Å². The fourth-order valence-electron chi connectivity index (χ4n) is 2.39. The largest absolute Gasteiger partial charge is 0.398 e. The molecule has 0 aromatic heterocycles. The molecule has 0 spiro atoms. The molecule has 112 valence electrons. The Hall–Kier alpha value is -1.50. The molecular formula is C19H31N. The lowest BCUT2D eigenvalue weighted by Gasteiger charge is -2.23. The maximum absolute atomic E-state index is 6.20. The monoisotopic (exact) mass is 273 g/mol. The Morgan fingerprint density at radius 2 is 1.25 bits per heavy atom. The quantitative estimate of drug-likeness (QED) is 0.641. The molecule has 0 aliphatic rings. The van der Waals surface area contributed by atoms with Gasteiger partial charge in [0.15, 0.2) is 0 Å². The van der Waals surface area contributed by atoms with E-state index in [9.17, 15) is 0 Å². The fraction of sp³-hybridized carbons (Fsp3) is 0.474. The average molecular weight is 273 g/mol. The third kappa shape index (κ3) is 4.26. The zero-order valence-corrected chi connectivity index (χ0v) is 14.6. The Morgan fingerprint density at radius 1 is 0.800 bits per heavy atom. The van der Waals surface area contributed by atoms with Gasteiger partial charge >= 0.3 is 0 Å². The van der Waals surface area contributed by atoms with Crippen molar-refractivity contribution in [1.82, 2.24) is 0 Å². The van der Waals surface area contributed by atoms with Crippen LogP contribution in [0.15, 0.2) is 57.9 Å². The van der Waals surface area contributed by atoms with Crippen LogP contribution in [0.3, 0.4) is 0 Å². The summed E-state index contributed by atoms with van der Waals surface area (Å²) in [5.74, 6) is 0.421. The van der Waals surface area contributed by atoms with Gasteiger partial charge in [-0.3, -0.25) is 0 Å². The Kier molecular flexibility index (Phi) is 6.78. The average Bonchev–Trinajstić information content (AvgIpc) is 2.31. The van der Waals surface area contributed by atoms with Gasteiger partial charge in [0.25, 0.3) is 0 Å². The molecule has 0 aliphatic carbocycles. The Bertz CT molecular complexity index is 504. The van der Waals surface area contributed by atoms with Crippen LogP contribution in [0.2, 0.25) is 0 Å². The highest BCUT2D eigenvalue weighted by Gasteiger charge is 2.17. The standard InChI is InChI=1S/C19H31N/c1-11(2)15(9)17(12(3)4)18(13(5)6)16(10)19(20)14(7)8/h12H,5,7,20H2,1-4,6,8-10H3/b18-17+,19-16+. The zero-order valence-electron chi connectivity index (χ0n) is 14.6. The normalized spacial score (nSPS) is 13.7. The molecule has 0 radical (unpaired) electrons. The van der Waals surface area contributed by atoms with E-state index in [0.29, 0.717) is 5.92 Å². The van der Waals surface area contributed by atoms with E-state index in [1.54, 1.807) is 0 Å². The van der Waals surface area contributed by atoms with Crippen LogP contribution in [0.25, 0.3) is 0 Å². The first kappa shape index (κ1) is 18.5. The predicted molar refractivity (Wildman–Crippen MR) is 92.4 cm³/mol. The lowest BCUT2D eigenvalue weighted by molar-refractivity contribution is 0.764. The second kappa shape index (κ2) is 7.33. The Morgan fingerprint density at radius 3 is 1.50 bits per heavy atom. The van der Waals surface area contributed by atoms with Crippen LogP contribution in [0.4, 0.5) is 0 Å². The SMILES string of the molecule is C=C(C)/C(N)=C(C)\C(C(=C)C)=C(\C(C)=C(C)C)C(C)C. The van der Waals surface area contributed by atoms with Gasteiger partial charge in [-0.25, -0.2) is 0 Å². The summed E-state index contributed by atoms with van der Waals surface area (Å²) >= 11 is 0. The zero-order chi connectivity index (χ0) is 16.2. The summed E-state index contributed by atoms with van der Waals surface area (Å²) in [7, 11) is 0. The molecule has 1 nitrogen and oxygen atoms in total. The second-order valence-electron chi connectivity index (χ2n) is 6.17. The van der Waals surface area contributed by atoms with Crippen molar-refractivity contribution in [2.45, 2.75) is 55.4 Å².